The van der Waals surface area contributed by atoms with Crippen LogP contribution in [0.5, 0.6) is 0 Å². The van der Waals surface area contributed by atoms with Crippen LogP contribution in [0.25, 0.3) is 0 Å². The number of nitrogens with two attached hydrogens (primary N) is 1. The SMILES string of the molecule is CN(CCc1ccncc1)C(=O)CC1CCCCC1N. The molecule has 2 atom stereocenters. The fourth-order valence-electron chi connectivity index (χ4n) is 2.84. The van der Waals surface area contributed by atoms with Crippen LogP contribution in [0.4, 0.5) is 0 Å². The van der Waals surface area contributed by atoms with E-state index in [1.54, 1.807) is 12.4 Å². The van der Waals surface area contributed by atoms with E-state index < -0.39 is 0 Å². The second kappa shape index (κ2) is 7.39. The average molecular weight is 275 g/mol. The van der Waals surface area contributed by atoms with Gasteiger partial charge in [-0.3, -0.25) is 9.78 Å². The topological polar surface area (TPSA) is 59.2 Å². The van der Waals surface area contributed by atoms with Gasteiger partial charge >= 0.3 is 0 Å². The molecule has 4 heteroatoms. The molecule has 0 radical (unpaired) electrons. The number of carbonyl (C=O) groups is 1. The molecule has 20 heavy (non-hydrogen) atoms. The summed E-state index contributed by atoms with van der Waals surface area (Å²) in [4.78, 5) is 18.1. The Balaban J connectivity index is 1.77. The number of carbonyl (C=O) groups excluding carboxylic acids is 1. The van der Waals surface area contributed by atoms with Gasteiger partial charge in [0, 0.05) is 38.4 Å². The first-order chi connectivity index (χ1) is 9.66. The zero-order valence-corrected chi connectivity index (χ0v) is 12.3. The maximum Gasteiger partial charge on any atom is 0.222 e. The number of aromatic nitrogens is 1. The highest BCUT2D eigenvalue weighted by atomic mass is 16.2. The molecule has 1 aliphatic rings. The van der Waals surface area contributed by atoms with Gasteiger partial charge in [0.15, 0.2) is 0 Å². The van der Waals surface area contributed by atoms with Gasteiger partial charge in [0.2, 0.25) is 5.91 Å². The van der Waals surface area contributed by atoms with Gasteiger partial charge in [0.05, 0.1) is 0 Å². The number of hydrogen-bond donors (Lipinski definition) is 1. The number of hydrogen-bond acceptors (Lipinski definition) is 3. The Morgan fingerprint density at radius 2 is 2.05 bits per heavy atom. The van der Waals surface area contributed by atoms with Crippen molar-refractivity contribution in [1.82, 2.24) is 9.88 Å². The summed E-state index contributed by atoms with van der Waals surface area (Å²) in [6.07, 6.45) is 9.66. The fourth-order valence-corrected chi connectivity index (χ4v) is 2.84. The minimum atomic E-state index is 0.210. The van der Waals surface area contributed by atoms with E-state index >= 15 is 0 Å². The maximum atomic E-state index is 12.2. The Bertz CT molecular complexity index is 421. The van der Waals surface area contributed by atoms with Crippen LogP contribution in [0.2, 0.25) is 0 Å². The van der Waals surface area contributed by atoms with E-state index in [0.717, 1.165) is 25.8 Å². The molecule has 2 unspecified atom stereocenters. The third-order valence-electron chi connectivity index (χ3n) is 4.32. The summed E-state index contributed by atoms with van der Waals surface area (Å²) in [5.41, 5.74) is 7.33. The number of likely N-dealkylation sites (N-methyl/N-ethyl adjacent to an activating group) is 1. The number of rotatable bonds is 5. The molecule has 0 aliphatic heterocycles. The van der Waals surface area contributed by atoms with Crippen LogP contribution < -0.4 is 5.73 Å². The largest absolute Gasteiger partial charge is 0.345 e. The standard InChI is InChI=1S/C16H25N3O/c1-19(11-8-13-6-9-18-10-7-13)16(20)12-14-4-2-3-5-15(14)17/h6-7,9-10,14-15H,2-5,8,11-12,17H2,1H3. The van der Waals surface area contributed by atoms with Gasteiger partial charge in [0.1, 0.15) is 0 Å². The second-order valence-electron chi connectivity index (χ2n) is 5.83. The molecule has 1 fully saturated rings. The second-order valence-corrected chi connectivity index (χ2v) is 5.83. The van der Waals surface area contributed by atoms with E-state index in [1.165, 1.54) is 18.4 Å². The lowest BCUT2D eigenvalue weighted by molar-refractivity contribution is -0.131. The van der Waals surface area contributed by atoms with Crippen LogP contribution in [0, 0.1) is 5.92 Å². The third-order valence-corrected chi connectivity index (χ3v) is 4.32. The van der Waals surface area contributed by atoms with Crippen LogP contribution >= 0.6 is 0 Å². The van der Waals surface area contributed by atoms with Crippen LogP contribution in [0.1, 0.15) is 37.7 Å². The molecule has 0 spiro atoms. The van der Waals surface area contributed by atoms with Crippen molar-refractivity contribution in [3.63, 3.8) is 0 Å². The fraction of sp³-hybridized carbons (Fsp3) is 0.625. The van der Waals surface area contributed by atoms with E-state index in [2.05, 4.69) is 4.98 Å². The molecule has 1 saturated carbocycles. The summed E-state index contributed by atoms with van der Waals surface area (Å²) < 4.78 is 0. The molecule has 2 rings (SSSR count). The summed E-state index contributed by atoms with van der Waals surface area (Å²) in [6.45, 7) is 0.755. The lowest BCUT2D eigenvalue weighted by Crippen LogP contribution is -2.38. The van der Waals surface area contributed by atoms with Crippen LogP contribution in [0.15, 0.2) is 24.5 Å². The van der Waals surface area contributed by atoms with Gasteiger partial charge in [0.25, 0.3) is 0 Å². The van der Waals surface area contributed by atoms with Gasteiger partial charge in [-0.15, -0.1) is 0 Å². The smallest absolute Gasteiger partial charge is 0.222 e. The molecule has 4 nitrogen and oxygen atoms in total. The number of nitrogens with zero attached hydrogens (tertiary/aromatic N) is 2. The molecule has 1 aromatic rings. The molecule has 1 amide bonds. The van der Waals surface area contributed by atoms with E-state index in [9.17, 15) is 4.79 Å². The maximum absolute atomic E-state index is 12.2. The first kappa shape index (κ1) is 15.0. The van der Waals surface area contributed by atoms with Crippen molar-refractivity contribution in [2.24, 2.45) is 11.7 Å². The number of amides is 1. The molecule has 0 aromatic carbocycles. The molecule has 1 aliphatic carbocycles. The monoisotopic (exact) mass is 275 g/mol. The highest BCUT2D eigenvalue weighted by Crippen LogP contribution is 2.26. The van der Waals surface area contributed by atoms with Crippen molar-refractivity contribution in [3.8, 4) is 0 Å². The van der Waals surface area contributed by atoms with Crippen LogP contribution in [0.3, 0.4) is 0 Å². The van der Waals surface area contributed by atoms with E-state index in [4.69, 9.17) is 5.73 Å². The first-order valence-electron chi connectivity index (χ1n) is 7.55. The van der Waals surface area contributed by atoms with Crippen LogP contribution in [-0.2, 0) is 11.2 Å². The zero-order valence-electron chi connectivity index (χ0n) is 12.3. The van der Waals surface area contributed by atoms with Gasteiger partial charge in [-0.05, 0) is 42.9 Å². The van der Waals surface area contributed by atoms with Gasteiger partial charge in [-0.25, -0.2) is 0 Å². The van der Waals surface area contributed by atoms with Crippen molar-refractivity contribution in [2.45, 2.75) is 44.6 Å². The van der Waals surface area contributed by atoms with Crippen molar-refractivity contribution < 1.29 is 4.79 Å². The lowest BCUT2D eigenvalue weighted by Gasteiger charge is -2.29. The normalized spacial score (nSPS) is 22.5. The molecular formula is C16H25N3O. The molecule has 1 aromatic heterocycles. The van der Waals surface area contributed by atoms with Crippen LogP contribution in [-0.4, -0.2) is 35.4 Å². The van der Waals surface area contributed by atoms with E-state index in [0.29, 0.717) is 12.3 Å². The van der Waals surface area contributed by atoms with Gasteiger partial charge < -0.3 is 10.6 Å². The quantitative estimate of drug-likeness (QED) is 0.894. The Kier molecular flexibility index (Phi) is 5.53. The summed E-state index contributed by atoms with van der Waals surface area (Å²) in [5.74, 6) is 0.598. The summed E-state index contributed by atoms with van der Waals surface area (Å²) >= 11 is 0. The molecule has 2 N–H and O–H groups in total. The highest BCUT2D eigenvalue weighted by Gasteiger charge is 2.25. The predicted octanol–water partition coefficient (Wildman–Crippen LogP) is 1.99. The minimum absolute atomic E-state index is 0.210. The summed E-state index contributed by atoms with van der Waals surface area (Å²) in [5, 5.41) is 0. The van der Waals surface area contributed by atoms with Gasteiger partial charge in [-0.2, -0.15) is 0 Å². The predicted molar refractivity (Wildman–Crippen MR) is 80.1 cm³/mol. The minimum Gasteiger partial charge on any atom is -0.345 e. The van der Waals surface area contributed by atoms with Crippen molar-refractivity contribution in [2.75, 3.05) is 13.6 Å². The number of pyridine rings is 1. The summed E-state index contributed by atoms with van der Waals surface area (Å²) in [6, 6.07) is 4.20. The van der Waals surface area contributed by atoms with E-state index in [1.807, 2.05) is 24.1 Å². The first-order valence-corrected chi connectivity index (χ1v) is 7.55. The zero-order chi connectivity index (χ0) is 14.4. The molecule has 0 saturated heterocycles. The van der Waals surface area contributed by atoms with Crippen molar-refractivity contribution in [3.05, 3.63) is 30.1 Å². The van der Waals surface area contributed by atoms with E-state index in [-0.39, 0.29) is 11.9 Å². The average Bonchev–Trinajstić information content (AvgIpc) is 2.48. The molecule has 0 bridgehead atoms. The Hall–Kier alpha value is -1.42. The molecule has 1 heterocycles. The summed E-state index contributed by atoms with van der Waals surface area (Å²) in [7, 11) is 1.89. The Morgan fingerprint density at radius 3 is 2.75 bits per heavy atom. The Labute approximate surface area is 121 Å². The van der Waals surface area contributed by atoms with Crippen molar-refractivity contribution >= 4 is 5.91 Å². The molecular weight excluding hydrogens is 250 g/mol. The third kappa shape index (κ3) is 4.30. The van der Waals surface area contributed by atoms with Crippen molar-refractivity contribution in [1.29, 1.82) is 0 Å². The highest BCUT2D eigenvalue weighted by molar-refractivity contribution is 5.76. The van der Waals surface area contributed by atoms with Gasteiger partial charge in [-0.1, -0.05) is 12.8 Å². The lowest BCUT2D eigenvalue weighted by atomic mass is 9.83. The molecule has 110 valence electrons. The Morgan fingerprint density at radius 1 is 1.35 bits per heavy atom.